The molecule has 1 rings (SSSR count). The molecule has 0 aromatic heterocycles. The van der Waals surface area contributed by atoms with E-state index in [1.54, 1.807) is 0 Å². The van der Waals surface area contributed by atoms with Crippen LogP contribution in [0.2, 0.25) is 0 Å². The molecule has 0 spiro atoms. The van der Waals surface area contributed by atoms with E-state index in [1.165, 1.54) is 19.3 Å². The van der Waals surface area contributed by atoms with Gasteiger partial charge in [-0.1, -0.05) is 0 Å². The maximum Gasteiger partial charge on any atom is 0.0699 e. The molecule has 0 aromatic carbocycles. The second-order valence-electron chi connectivity index (χ2n) is 4.39. The molecular weight excluding hydrogens is 186 g/mol. The Morgan fingerprint density at radius 2 is 2.23 bits per heavy atom. The Morgan fingerprint density at radius 3 is 2.77 bits per heavy atom. The Kier molecular flexibility index (Phi) is 4.50. The average molecular weight is 206 g/mol. The van der Waals surface area contributed by atoms with Crippen molar-refractivity contribution in [2.45, 2.75) is 44.8 Å². The molecule has 78 valence electrons. The summed E-state index contributed by atoms with van der Waals surface area (Å²) in [6.07, 6.45) is 4.10. The van der Waals surface area contributed by atoms with E-state index in [0.717, 1.165) is 13.2 Å². The molecule has 1 atom stereocenters. The van der Waals surface area contributed by atoms with Crippen molar-refractivity contribution in [1.82, 2.24) is 5.32 Å². The van der Waals surface area contributed by atoms with Gasteiger partial charge in [0.1, 0.15) is 0 Å². The van der Waals surface area contributed by atoms with Gasteiger partial charge in [0.2, 0.25) is 0 Å². The van der Waals surface area contributed by atoms with Crippen LogP contribution in [0.25, 0.3) is 0 Å². The van der Waals surface area contributed by atoms with Gasteiger partial charge >= 0.3 is 0 Å². The van der Waals surface area contributed by atoms with Gasteiger partial charge in [0, 0.05) is 24.6 Å². The van der Waals surface area contributed by atoms with Gasteiger partial charge in [0.05, 0.1) is 6.10 Å². The molecule has 0 saturated carbocycles. The first-order valence-electron chi connectivity index (χ1n) is 5.07. The van der Waals surface area contributed by atoms with Crippen LogP contribution in [0, 0.1) is 0 Å². The fourth-order valence-electron chi connectivity index (χ4n) is 1.41. The van der Waals surface area contributed by atoms with Crippen LogP contribution >= 0.6 is 11.6 Å². The molecule has 0 aromatic rings. The lowest BCUT2D eigenvalue weighted by atomic mass is 10.1. The van der Waals surface area contributed by atoms with Crippen LogP contribution in [0.3, 0.4) is 0 Å². The number of nitrogens with one attached hydrogen (secondary N) is 1. The summed E-state index contributed by atoms with van der Waals surface area (Å²) in [6.45, 7) is 6.08. The molecule has 2 nitrogen and oxygen atoms in total. The molecule has 0 amide bonds. The highest BCUT2D eigenvalue weighted by Gasteiger charge is 2.19. The summed E-state index contributed by atoms with van der Waals surface area (Å²) >= 11 is 5.81. The molecule has 1 N–H and O–H groups in total. The third kappa shape index (κ3) is 4.30. The average Bonchev–Trinajstić information content (AvgIpc) is 2.17. The number of halogens is 1. The molecule has 0 radical (unpaired) electrons. The third-order valence-electron chi connectivity index (χ3n) is 2.42. The first-order chi connectivity index (χ1) is 6.14. The highest BCUT2D eigenvalue weighted by molar-refractivity contribution is 6.18. The monoisotopic (exact) mass is 205 g/mol. The largest absolute Gasteiger partial charge is 0.377 e. The molecule has 13 heavy (non-hydrogen) atoms. The zero-order valence-corrected chi connectivity index (χ0v) is 9.36. The van der Waals surface area contributed by atoms with Gasteiger partial charge in [-0.3, -0.25) is 0 Å². The Bertz CT molecular complexity index is 144. The van der Waals surface area contributed by atoms with E-state index in [-0.39, 0.29) is 5.54 Å². The predicted octanol–water partition coefficient (Wildman–Crippen LogP) is 2.16. The van der Waals surface area contributed by atoms with Gasteiger partial charge in [-0.05, 0) is 33.1 Å². The van der Waals surface area contributed by atoms with E-state index >= 15 is 0 Å². The summed E-state index contributed by atoms with van der Waals surface area (Å²) in [5.74, 6) is 0.639. The topological polar surface area (TPSA) is 21.3 Å². The summed E-state index contributed by atoms with van der Waals surface area (Å²) in [7, 11) is 0. The lowest BCUT2D eigenvalue weighted by Crippen LogP contribution is -2.45. The first-order valence-corrected chi connectivity index (χ1v) is 5.60. The lowest BCUT2D eigenvalue weighted by molar-refractivity contribution is 0.0137. The number of hydrogen-bond donors (Lipinski definition) is 1. The Labute approximate surface area is 86.0 Å². The quantitative estimate of drug-likeness (QED) is 0.711. The van der Waals surface area contributed by atoms with Gasteiger partial charge in [0.25, 0.3) is 0 Å². The Morgan fingerprint density at radius 1 is 1.46 bits per heavy atom. The van der Waals surface area contributed by atoms with E-state index < -0.39 is 0 Å². The van der Waals surface area contributed by atoms with E-state index in [9.17, 15) is 0 Å². The predicted molar refractivity (Wildman–Crippen MR) is 56.4 cm³/mol. The van der Waals surface area contributed by atoms with Gasteiger partial charge in [-0.15, -0.1) is 11.6 Å². The molecule has 1 aliphatic rings. The van der Waals surface area contributed by atoms with Crippen LogP contribution in [-0.4, -0.2) is 30.7 Å². The van der Waals surface area contributed by atoms with Crippen molar-refractivity contribution in [2.24, 2.45) is 0 Å². The first kappa shape index (κ1) is 11.3. The van der Waals surface area contributed by atoms with Gasteiger partial charge in [0.15, 0.2) is 0 Å². The van der Waals surface area contributed by atoms with E-state index in [4.69, 9.17) is 16.3 Å². The van der Waals surface area contributed by atoms with Gasteiger partial charge in [-0.25, -0.2) is 0 Å². The number of alkyl halides is 1. The second-order valence-corrected chi connectivity index (χ2v) is 4.65. The van der Waals surface area contributed by atoms with Crippen molar-refractivity contribution in [2.75, 3.05) is 19.0 Å². The number of rotatable bonds is 4. The van der Waals surface area contributed by atoms with Crippen LogP contribution < -0.4 is 5.32 Å². The molecule has 1 heterocycles. The summed E-state index contributed by atoms with van der Waals surface area (Å²) in [5, 5.41) is 3.42. The maximum absolute atomic E-state index is 5.81. The van der Waals surface area contributed by atoms with E-state index in [1.807, 2.05) is 0 Å². The molecule has 1 aliphatic heterocycles. The molecule has 1 unspecified atom stereocenters. The van der Waals surface area contributed by atoms with Crippen molar-refractivity contribution in [1.29, 1.82) is 0 Å². The minimum Gasteiger partial charge on any atom is -0.377 e. The van der Waals surface area contributed by atoms with E-state index in [2.05, 4.69) is 19.2 Å². The lowest BCUT2D eigenvalue weighted by Gasteiger charge is -2.29. The highest BCUT2D eigenvalue weighted by Crippen LogP contribution is 2.13. The molecule has 0 bridgehead atoms. The molecule has 3 heteroatoms. The third-order valence-corrected chi connectivity index (χ3v) is 3.08. The number of hydrogen-bond acceptors (Lipinski definition) is 2. The van der Waals surface area contributed by atoms with Gasteiger partial charge in [-0.2, -0.15) is 0 Å². The summed E-state index contributed by atoms with van der Waals surface area (Å²) in [4.78, 5) is 0. The second kappa shape index (κ2) is 5.18. The Hall–Kier alpha value is 0.210. The fraction of sp³-hybridized carbons (Fsp3) is 1.00. The van der Waals surface area contributed by atoms with Crippen molar-refractivity contribution >= 4 is 11.6 Å². The van der Waals surface area contributed by atoms with Crippen molar-refractivity contribution in [3.8, 4) is 0 Å². The van der Waals surface area contributed by atoms with Crippen LogP contribution in [-0.2, 0) is 4.74 Å². The summed E-state index contributed by atoms with van der Waals surface area (Å²) in [6, 6.07) is 0. The van der Waals surface area contributed by atoms with Crippen molar-refractivity contribution < 1.29 is 4.74 Å². The van der Waals surface area contributed by atoms with Crippen LogP contribution in [0.1, 0.15) is 33.1 Å². The minimum absolute atomic E-state index is 0.0301. The zero-order valence-electron chi connectivity index (χ0n) is 8.61. The smallest absolute Gasteiger partial charge is 0.0699 e. The van der Waals surface area contributed by atoms with Crippen LogP contribution in [0.4, 0.5) is 0 Å². The number of ether oxygens (including phenoxy) is 1. The molecule has 0 aliphatic carbocycles. The molecular formula is C10H20ClNO. The SMILES string of the molecule is CC(C)(CCl)NCC1CCCCO1. The van der Waals surface area contributed by atoms with Crippen molar-refractivity contribution in [3.63, 3.8) is 0 Å². The zero-order chi connectivity index (χ0) is 9.73. The summed E-state index contributed by atoms with van der Waals surface area (Å²) < 4.78 is 5.61. The maximum atomic E-state index is 5.81. The van der Waals surface area contributed by atoms with Crippen LogP contribution in [0.15, 0.2) is 0 Å². The normalized spacial score (nSPS) is 24.7. The summed E-state index contributed by atoms with van der Waals surface area (Å²) in [5.41, 5.74) is 0.0301. The highest BCUT2D eigenvalue weighted by atomic mass is 35.5. The molecule has 1 fully saturated rings. The van der Waals surface area contributed by atoms with Gasteiger partial charge < -0.3 is 10.1 Å². The van der Waals surface area contributed by atoms with Crippen molar-refractivity contribution in [3.05, 3.63) is 0 Å². The fourth-order valence-corrected chi connectivity index (χ4v) is 1.50. The standard InChI is InChI=1S/C10H20ClNO/c1-10(2,8-11)12-7-9-5-3-4-6-13-9/h9,12H,3-8H2,1-2H3. The molecule has 1 saturated heterocycles. The van der Waals surface area contributed by atoms with Crippen LogP contribution in [0.5, 0.6) is 0 Å². The van der Waals surface area contributed by atoms with E-state index in [0.29, 0.717) is 12.0 Å². The minimum atomic E-state index is 0.0301. The Balaban J connectivity index is 2.17.